The number of rotatable bonds is 9. The maximum atomic E-state index is 11.5. The van der Waals surface area contributed by atoms with Crippen molar-refractivity contribution in [3.05, 3.63) is 0 Å². The fourth-order valence-corrected chi connectivity index (χ4v) is 1.98. The second-order valence-electron chi connectivity index (χ2n) is 5.49. The van der Waals surface area contributed by atoms with Gasteiger partial charge < -0.3 is 15.4 Å². The Morgan fingerprint density at radius 1 is 1.21 bits per heavy atom. The predicted molar refractivity (Wildman–Crippen MR) is 77.2 cm³/mol. The molecular formula is C14H29N3O2. The third-order valence-electron chi connectivity index (χ3n) is 3.28. The van der Waals surface area contributed by atoms with Crippen LogP contribution in [0, 0.1) is 5.92 Å². The second kappa shape index (κ2) is 10.2. The molecule has 112 valence electrons. The molecule has 1 amide bonds. The molecule has 1 saturated heterocycles. The third kappa shape index (κ3) is 8.97. The van der Waals surface area contributed by atoms with Crippen molar-refractivity contribution in [3.63, 3.8) is 0 Å². The number of hydrogen-bond acceptors (Lipinski definition) is 4. The Bertz CT molecular complexity index is 241. The van der Waals surface area contributed by atoms with E-state index in [0.717, 1.165) is 58.9 Å². The molecule has 19 heavy (non-hydrogen) atoms. The van der Waals surface area contributed by atoms with E-state index in [1.54, 1.807) is 0 Å². The van der Waals surface area contributed by atoms with Crippen LogP contribution in [-0.4, -0.2) is 63.3 Å². The van der Waals surface area contributed by atoms with Gasteiger partial charge in [-0.2, -0.15) is 0 Å². The highest BCUT2D eigenvalue weighted by molar-refractivity contribution is 5.75. The first kappa shape index (κ1) is 16.4. The zero-order valence-corrected chi connectivity index (χ0v) is 12.4. The molecule has 5 nitrogen and oxygen atoms in total. The van der Waals surface area contributed by atoms with E-state index in [2.05, 4.69) is 29.4 Å². The molecule has 0 aromatic rings. The number of amides is 1. The fourth-order valence-electron chi connectivity index (χ4n) is 1.98. The number of carbonyl (C=O) groups is 1. The van der Waals surface area contributed by atoms with Crippen molar-refractivity contribution in [1.29, 1.82) is 0 Å². The van der Waals surface area contributed by atoms with Gasteiger partial charge in [-0.25, -0.2) is 0 Å². The summed E-state index contributed by atoms with van der Waals surface area (Å²) in [6.07, 6.45) is 1.62. The highest BCUT2D eigenvalue weighted by Crippen LogP contribution is 1.96. The van der Waals surface area contributed by atoms with Gasteiger partial charge in [-0.05, 0) is 12.3 Å². The summed E-state index contributed by atoms with van der Waals surface area (Å²) in [5.74, 6) is 0.798. The van der Waals surface area contributed by atoms with Crippen LogP contribution in [0.4, 0.5) is 0 Å². The van der Waals surface area contributed by atoms with Crippen LogP contribution >= 0.6 is 0 Å². The minimum absolute atomic E-state index is 0.152. The van der Waals surface area contributed by atoms with Crippen molar-refractivity contribution in [2.75, 3.05) is 52.5 Å². The lowest BCUT2D eigenvalue weighted by atomic mass is 10.1. The molecule has 1 rings (SSSR count). The molecule has 0 radical (unpaired) electrons. The largest absolute Gasteiger partial charge is 0.379 e. The summed E-state index contributed by atoms with van der Waals surface area (Å²) < 4.78 is 5.30. The Morgan fingerprint density at radius 2 is 1.95 bits per heavy atom. The number of nitrogens with zero attached hydrogens (tertiary/aromatic N) is 1. The Balaban J connectivity index is 1.88. The van der Waals surface area contributed by atoms with E-state index in [1.165, 1.54) is 0 Å². The van der Waals surface area contributed by atoms with Gasteiger partial charge in [0.25, 0.3) is 0 Å². The van der Waals surface area contributed by atoms with E-state index in [1.807, 2.05) is 0 Å². The van der Waals surface area contributed by atoms with Gasteiger partial charge in [0.1, 0.15) is 0 Å². The highest BCUT2D eigenvalue weighted by atomic mass is 16.5. The van der Waals surface area contributed by atoms with Crippen molar-refractivity contribution in [2.45, 2.75) is 26.7 Å². The van der Waals surface area contributed by atoms with E-state index < -0.39 is 0 Å². The van der Waals surface area contributed by atoms with Crippen molar-refractivity contribution < 1.29 is 9.53 Å². The molecule has 5 heteroatoms. The number of ether oxygens (including phenoxy) is 1. The van der Waals surface area contributed by atoms with E-state index >= 15 is 0 Å². The van der Waals surface area contributed by atoms with Crippen LogP contribution < -0.4 is 10.6 Å². The first-order valence-corrected chi connectivity index (χ1v) is 7.46. The maximum Gasteiger partial charge on any atom is 0.221 e. The second-order valence-corrected chi connectivity index (χ2v) is 5.49. The Labute approximate surface area is 117 Å². The quantitative estimate of drug-likeness (QED) is 0.598. The van der Waals surface area contributed by atoms with E-state index in [4.69, 9.17) is 4.74 Å². The molecule has 1 aliphatic heterocycles. The lowest BCUT2D eigenvalue weighted by Gasteiger charge is -2.26. The standard InChI is InChI=1S/C14H29N3O2/c1-13(2)3-6-16-14(18)4-5-15-7-8-17-9-11-19-12-10-17/h13,15H,3-12H2,1-2H3,(H,16,18). The summed E-state index contributed by atoms with van der Waals surface area (Å²) in [6.45, 7) is 11.6. The van der Waals surface area contributed by atoms with E-state index in [9.17, 15) is 4.79 Å². The maximum absolute atomic E-state index is 11.5. The summed E-state index contributed by atoms with van der Waals surface area (Å²) in [6, 6.07) is 0. The summed E-state index contributed by atoms with van der Waals surface area (Å²) in [5.41, 5.74) is 0. The Morgan fingerprint density at radius 3 is 2.63 bits per heavy atom. The summed E-state index contributed by atoms with van der Waals surface area (Å²) in [7, 11) is 0. The number of morpholine rings is 1. The van der Waals surface area contributed by atoms with E-state index in [0.29, 0.717) is 12.3 Å². The first-order valence-electron chi connectivity index (χ1n) is 7.46. The molecule has 0 spiro atoms. The van der Waals surface area contributed by atoms with E-state index in [-0.39, 0.29) is 5.91 Å². The van der Waals surface area contributed by atoms with Crippen molar-refractivity contribution in [3.8, 4) is 0 Å². The molecule has 0 saturated carbocycles. The van der Waals surface area contributed by atoms with Gasteiger partial charge in [0, 0.05) is 45.7 Å². The molecule has 1 heterocycles. The molecule has 0 unspecified atom stereocenters. The zero-order chi connectivity index (χ0) is 13.9. The van der Waals surface area contributed by atoms with Gasteiger partial charge in [-0.3, -0.25) is 9.69 Å². The molecule has 0 bridgehead atoms. The van der Waals surface area contributed by atoms with Gasteiger partial charge in [-0.15, -0.1) is 0 Å². The van der Waals surface area contributed by atoms with Gasteiger partial charge in [0.15, 0.2) is 0 Å². The highest BCUT2D eigenvalue weighted by Gasteiger charge is 2.09. The van der Waals surface area contributed by atoms with Crippen LogP contribution in [-0.2, 0) is 9.53 Å². The summed E-state index contributed by atoms with van der Waals surface area (Å²) >= 11 is 0. The van der Waals surface area contributed by atoms with Crippen LogP contribution in [0.3, 0.4) is 0 Å². The fraction of sp³-hybridized carbons (Fsp3) is 0.929. The molecule has 0 atom stereocenters. The summed E-state index contributed by atoms with van der Waals surface area (Å²) in [4.78, 5) is 13.9. The minimum Gasteiger partial charge on any atom is -0.379 e. The Kier molecular flexibility index (Phi) is 8.79. The van der Waals surface area contributed by atoms with Crippen molar-refractivity contribution in [1.82, 2.24) is 15.5 Å². The number of hydrogen-bond donors (Lipinski definition) is 2. The molecule has 2 N–H and O–H groups in total. The number of nitrogens with one attached hydrogen (secondary N) is 2. The minimum atomic E-state index is 0.152. The molecule has 1 fully saturated rings. The van der Waals surface area contributed by atoms with Crippen LogP contribution in [0.1, 0.15) is 26.7 Å². The topological polar surface area (TPSA) is 53.6 Å². The third-order valence-corrected chi connectivity index (χ3v) is 3.28. The van der Waals surface area contributed by atoms with Gasteiger partial charge in [0.05, 0.1) is 13.2 Å². The van der Waals surface area contributed by atoms with Crippen LogP contribution in [0.2, 0.25) is 0 Å². The van der Waals surface area contributed by atoms with Gasteiger partial charge in [0.2, 0.25) is 5.91 Å². The van der Waals surface area contributed by atoms with Crippen molar-refractivity contribution >= 4 is 5.91 Å². The molecule has 0 aromatic carbocycles. The van der Waals surface area contributed by atoms with Crippen LogP contribution in [0.15, 0.2) is 0 Å². The average Bonchev–Trinajstić information content (AvgIpc) is 2.39. The summed E-state index contributed by atoms with van der Waals surface area (Å²) in [5, 5.41) is 6.27. The molecule has 1 aliphatic rings. The molecule has 0 aliphatic carbocycles. The SMILES string of the molecule is CC(C)CCNC(=O)CCNCCN1CCOCC1. The lowest BCUT2D eigenvalue weighted by Crippen LogP contribution is -2.40. The Hall–Kier alpha value is -0.650. The van der Waals surface area contributed by atoms with Gasteiger partial charge in [-0.1, -0.05) is 13.8 Å². The monoisotopic (exact) mass is 271 g/mol. The van der Waals surface area contributed by atoms with Crippen LogP contribution in [0.25, 0.3) is 0 Å². The van der Waals surface area contributed by atoms with Gasteiger partial charge >= 0.3 is 0 Å². The normalized spacial score (nSPS) is 16.8. The zero-order valence-electron chi connectivity index (χ0n) is 12.4. The van der Waals surface area contributed by atoms with Crippen molar-refractivity contribution in [2.24, 2.45) is 5.92 Å². The molecule has 0 aromatic heterocycles. The smallest absolute Gasteiger partial charge is 0.221 e. The van der Waals surface area contributed by atoms with Crippen LogP contribution in [0.5, 0.6) is 0 Å². The molecular weight excluding hydrogens is 242 g/mol. The first-order chi connectivity index (χ1) is 9.18. The predicted octanol–water partition coefficient (Wildman–Crippen LogP) is 0.461. The lowest BCUT2D eigenvalue weighted by molar-refractivity contribution is -0.121. The number of carbonyl (C=O) groups excluding carboxylic acids is 1. The average molecular weight is 271 g/mol.